The fraction of sp³-hybridized carbons (Fsp3) is 0.292. The molecule has 0 spiro atoms. The number of fused-ring (bicyclic) bond motifs is 1. The number of nitrogens with zero attached hydrogens (tertiary/aromatic N) is 3. The van der Waals surface area contributed by atoms with E-state index in [0.29, 0.717) is 11.3 Å². The van der Waals surface area contributed by atoms with Gasteiger partial charge in [0.15, 0.2) is 0 Å². The molecule has 0 atom stereocenters. The van der Waals surface area contributed by atoms with Crippen molar-refractivity contribution >= 4 is 10.9 Å². The van der Waals surface area contributed by atoms with Crippen LogP contribution >= 0.6 is 0 Å². The SMILES string of the molecule is O=c1[nH]nc(-c2ccncc2)cc1-c1cc2ccc(CN3CCCCCC3)cc2[nH]1. The van der Waals surface area contributed by atoms with Gasteiger partial charge in [-0.1, -0.05) is 25.0 Å². The van der Waals surface area contributed by atoms with Crippen LogP contribution in [0.2, 0.25) is 0 Å². The summed E-state index contributed by atoms with van der Waals surface area (Å²) in [7, 11) is 0. The van der Waals surface area contributed by atoms with E-state index in [-0.39, 0.29) is 5.56 Å². The predicted molar refractivity (Wildman–Crippen MR) is 119 cm³/mol. The average Bonchev–Trinajstić information content (AvgIpc) is 3.02. The van der Waals surface area contributed by atoms with Crippen LogP contribution in [0.3, 0.4) is 0 Å². The van der Waals surface area contributed by atoms with E-state index in [0.717, 1.165) is 28.7 Å². The van der Waals surface area contributed by atoms with E-state index < -0.39 is 0 Å². The fourth-order valence-corrected chi connectivity index (χ4v) is 4.25. The molecule has 1 aliphatic heterocycles. The van der Waals surface area contributed by atoms with Crippen LogP contribution in [-0.2, 0) is 6.54 Å². The molecule has 0 bridgehead atoms. The zero-order valence-corrected chi connectivity index (χ0v) is 16.9. The summed E-state index contributed by atoms with van der Waals surface area (Å²) >= 11 is 0. The highest BCUT2D eigenvalue weighted by Crippen LogP contribution is 2.26. The monoisotopic (exact) mass is 399 g/mol. The van der Waals surface area contributed by atoms with Crippen LogP contribution in [0.15, 0.2) is 59.7 Å². The molecule has 0 unspecified atom stereocenters. The molecule has 1 aromatic carbocycles. The fourth-order valence-electron chi connectivity index (χ4n) is 4.25. The highest BCUT2D eigenvalue weighted by Gasteiger charge is 2.13. The lowest BCUT2D eigenvalue weighted by Gasteiger charge is -2.19. The summed E-state index contributed by atoms with van der Waals surface area (Å²) in [6.07, 6.45) is 8.71. The van der Waals surface area contributed by atoms with Crippen molar-refractivity contribution in [2.45, 2.75) is 32.2 Å². The Hall–Kier alpha value is -3.25. The number of hydrogen-bond donors (Lipinski definition) is 2. The van der Waals surface area contributed by atoms with Gasteiger partial charge in [-0.3, -0.25) is 14.7 Å². The van der Waals surface area contributed by atoms with Gasteiger partial charge in [0.05, 0.1) is 17.0 Å². The first-order chi connectivity index (χ1) is 14.8. The third-order valence-corrected chi connectivity index (χ3v) is 5.86. The van der Waals surface area contributed by atoms with Crippen LogP contribution in [0.5, 0.6) is 0 Å². The number of benzene rings is 1. The van der Waals surface area contributed by atoms with Crippen molar-refractivity contribution in [3.8, 4) is 22.5 Å². The number of likely N-dealkylation sites (tertiary alicyclic amines) is 1. The van der Waals surface area contributed by atoms with Crippen LogP contribution in [0, 0.1) is 0 Å². The summed E-state index contributed by atoms with van der Waals surface area (Å²) in [6, 6.07) is 14.2. The summed E-state index contributed by atoms with van der Waals surface area (Å²) in [5.74, 6) is 0. The van der Waals surface area contributed by atoms with Gasteiger partial charge in [0.25, 0.3) is 5.56 Å². The minimum atomic E-state index is -0.204. The molecular formula is C24H25N5O. The molecule has 1 aliphatic rings. The highest BCUT2D eigenvalue weighted by molar-refractivity contribution is 5.86. The predicted octanol–water partition coefficient (Wildman–Crippen LogP) is 4.36. The summed E-state index contributed by atoms with van der Waals surface area (Å²) in [4.78, 5) is 22.5. The molecule has 152 valence electrons. The van der Waals surface area contributed by atoms with Gasteiger partial charge in [0, 0.05) is 35.4 Å². The van der Waals surface area contributed by atoms with Crippen molar-refractivity contribution in [3.05, 3.63) is 70.8 Å². The Morgan fingerprint density at radius 3 is 2.53 bits per heavy atom. The van der Waals surface area contributed by atoms with E-state index in [1.807, 2.05) is 24.3 Å². The second-order valence-corrected chi connectivity index (χ2v) is 8.03. The van der Waals surface area contributed by atoms with Crippen LogP contribution < -0.4 is 5.56 Å². The third kappa shape index (κ3) is 3.91. The lowest BCUT2D eigenvalue weighted by molar-refractivity contribution is 0.277. The van der Waals surface area contributed by atoms with Crippen molar-refractivity contribution in [1.82, 2.24) is 25.1 Å². The van der Waals surface area contributed by atoms with Crippen molar-refractivity contribution in [1.29, 1.82) is 0 Å². The molecule has 2 N–H and O–H groups in total. The number of nitrogens with one attached hydrogen (secondary N) is 2. The molecule has 0 saturated carbocycles. The van der Waals surface area contributed by atoms with E-state index in [2.05, 4.69) is 43.3 Å². The first-order valence-corrected chi connectivity index (χ1v) is 10.6. The first-order valence-electron chi connectivity index (χ1n) is 10.6. The maximum absolute atomic E-state index is 12.5. The normalized spacial score (nSPS) is 15.3. The summed E-state index contributed by atoms with van der Waals surface area (Å²) in [6.45, 7) is 3.34. The maximum Gasteiger partial charge on any atom is 0.273 e. The van der Waals surface area contributed by atoms with Gasteiger partial charge in [-0.25, -0.2) is 5.10 Å². The van der Waals surface area contributed by atoms with Crippen LogP contribution in [0.1, 0.15) is 31.2 Å². The Bertz CT molecular complexity index is 1200. The Kier molecular flexibility index (Phi) is 5.15. The summed E-state index contributed by atoms with van der Waals surface area (Å²) in [5.41, 5.74) is 5.17. The molecular weight excluding hydrogens is 374 g/mol. The maximum atomic E-state index is 12.5. The molecule has 6 heteroatoms. The first kappa shape index (κ1) is 18.8. The molecule has 4 heterocycles. The Morgan fingerprint density at radius 2 is 1.73 bits per heavy atom. The lowest BCUT2D eigenvalue weighted by atomic mass is 10.1. The molecule has 5 rings (SSSR count). The standard InChI is InChI=1S/C24H25N5O/c30-24-20(15-22(27-28-24)18-7-9-25-10-8-18)23-14-19-6-5-17(13-21(19)26-23)16-29-11-3-1-2-4-12-29/h5-10,13-15,26H,1-4,11-12,16H2,(H,28,30). The number of aromatic amines is 2. The van der Waals surface area contributed by atoms with E-state index in [4.69, 9.17) is 0 Å². The lowest BCUT2D eigenvalue weighted by Crippen LogP contribution is -2.23. The van der Waals surface area contributed by atoms with E-state index >= 15 is 0 Å². The van der Waals surface area contributed by atoms with Crippen LogP contribution in [0.25, 0.3) is 33.4 Å². The topological polar surface area (TPSA) is 77.7 Å². The second kappa shape index (κ2) is 8.24. The molecule has 1 saturated heterocycles. The van der Waals surface area contributed by atoms with Gasteiger partial charge < -0.3 is 4.98 Å². The third-order valence-electron chi connectivity index (χ3n) is 5.86. The van der Waals surface area contributed by atoms with Gasteiger partial charge >= 0.3 is 0 Å². The Labute approximate surface area is 175 Å². The molecule has 0 aliphatic carbocycles. The van der Waals surface area contributed by atoms with Crippen molar-refractivity contribution in [2.75, 3.05) is 13.1 Å². The molecule has 0 amide bonds. The minimum Gasteiger partial charge on any atom is -0.354 e. The van der Waals surface area contributed by atoms with Crippen molar-refractivity contribution in [3.63, 3.8) is 0 Å². The van der Waals surface area contributed by atoms with Crippen LogP contribution in [-0.4, -0.2) is 38.2 Å². The quantitative estimate of drug-likeness (QED) is 0.535. The largest absolute Gasteiger partial charge is 0.354 e. The number of aromatic nitrogens is 4. The van der Waals surface area contributed by atoms with Gasteiger partial charge in [0.2, 0.25) is 0 Å². The average molecular weight is 399 g/mol. The summed E-state index contributed by atoms with van der Waals surface area (Å²) < 4.78 is 0. The minimum absolute atomic E-state index is 0.204. The zero-order valence-electron chi connectivity index (χ0n) is 16.9. The molecule has 6 nitrogen and oxygen atoms in total. The summed E-state index contributed by atoms with van der Waals surface area (Å²) in [5, 5.41) is 7.92. The van der Waals surface area contributed by atoms with E-state index in [1.54, 1.807) is 12.4 Å². The molecule has 0 radical (unpaired) electrons. The zero-order chi connectivity index (χ0) is 20.3. The van der Waals surface area contributed by atoms with Crippen molar-refractivity contribution in [2.24, 2.45) is 0 Å². The Morgan fingerprint density at radius 1 is 0.933 bits per heavy atom. The van der Waals surface area contributed by atoms with Gasteiger partial charge in [-0.2, -0.15) is 5.10 Å². The second-order valence-electron chi connectivity index (χ2n) is 8.03. The number of pyridine rings is 1. The smallest absolute Gasteiger partial charge is 0.273 e. The Balaban J connectivity index is 1.46. The highest BCUT2D eigenvalue weighted by atomic mass is 16.1. The number of hydrogen-bond acceptors (Lipinski definition) is 4. The molecule has 1 fully saturated rings. The van der Waals surface area contributed by atoms with E-state index in [9.17, 15) is 4.79 Å². The van der Waals surface area contributed by atoms with Crippen LogP contribution in [0.4, 0.5) is 0 Å². The molecule has 3 aromatic heterocycles. The van der Waals surface area contributed by atoms with Gasteiger partial charge in [0.1, 0.15) is 0 Å². The molecule has 30 heavy (non-hydrogen) atoms. The van der Waals surface area contributed by atoms with E-state index in [1.165, 1.54) is 44.3 Å². The van der Waals surface area contributed by atoms with Gasteiger partial charge in [-0.05, 0) is 61.8 Å². The van der Waals surface area contributed by atoms with Crippen molar-refractivity contribution < 1.29 is 0 Å². The number of H-pyrrole nitrogens is 2. The molecule has 4 aromatic rings. The van der Waals surface area contributed by atoms with Gasteiger partial charge in [-0.15, -0.1) is 0 Å². The number of rotatable bonds is 4.